The third kappa shape index (κ3) is 3.66. The first-order valence-electron chi connectivity index (χ1n) is 5.38. The lowest BCUT2D eigenvalue weighted by Gasteiger charge is -2.27. The summed E-state index contributed by atoms with van der Waals surface area (Å²) in [7, 11) is 1.57. The van der Waals surface area contributed by atoms with Crippen LogP contribution in [0.3, 0.4) is 0 Å². The molecular weight excluding hydrogens is 220 g/mol. The molecule has 0 aliphatic carbocycles. The summed E-state index contributed by atoms with van der Waals surface area (Å²) in [6, 6.07) is 6.86. The molecule has 0 radical (unpaired) electrons. The lowest BCUT2D eigenvalue weighted by Crippen LogP contribution is -2.39. The van der Waals surface area contributed by atoms with Gasteiger partial charge in [0.1, 0.15) is 11.5 Å². The van der Waals surface area contributed by atoms with Gasteiger partial charge in [-0.1, -0.05) is 20.8 Å². The maximum Gasteiger partial charge on any atom is 0.345 e. The smallest absolute Gasteiger partial charge is 0.345 e. The van der Waals surface area contributed by atoms with E-state index >= 15 is 0 Å². The fraction of sp³-hybridized carbons (Fsp3) is 0.462. The first-order chi connectivity index (χ1) is 7.84. The Hall–Kier alpha value is -1.71. The largest absolute Gasteiger partial charge is 0.497 e. The van der Waals surface area contributed by atoms with Crippen LogP contribution >= 0.6 is 0 Å². The maximum atomic E-state index is 11.1. The number of rotatable bonds is 4. The summed E-state index contributed by atoms with van der Waals surface area (Å²) in [6.45, 7) is 5.49. The standard InChI is InChI=1S/C13H18O4/c1-13(2,3)11(12(14)15)17-10-7-5-9(16-4)6-8-10/h5-8,11H,1-4H3,(H,14,15). The van der Waals surface area contributed by atoms with Crippen LogP contribution in [-0.2, 0) is 4.79 Å². The van der Waals surface area contributed by atoms with Gasteiger partial charge in [-0.15, -0.1) is 0 Å². The second kappa shape index (κ2) is 5.08. The molecule has 4 heteroatoms. The lowest BCUT2D eigenvalue weighted by atomic mass is 9.89. The summed E-state index contributed by atoms with van der Waals surface area (Å²) < 4.78 is 10.5. The number of carboxylic acid groups (broad SMARTS) is 1. The molecule has 0 bridgehead atoms. The van der Waals surface area contributed by atoms with Crippen LogP contribution in [0.2, 0.25) is 0 Å². The van der Waals surface area contributed by atoms with Crippen molar-refractivity contribution >= 4 is 5.97 Å². The SMILES string of the molecule is COc1ccc(OC(C(=O)O)C(C)(C)C)cc1. The second-order valence-corrected chi connectivity index (χ2v) is 4.88. The van der Waals surface area contributed by atoms with E-state index in [2.05, 4.69) is 0 Å². The van der Waals surface area contributed by atoms with Gasteiger partial charge < -0.3 is 14.6 Å². The van der Waals surface area contributed by atoms with Crippen LogP contribution in [-0.4, -0.2) is 24.3 Å². The number of hydrogen-bond acceptors (Lipinski definition) is 3. The Kier molecular flexibility index (Phi) is 3.99. The molecule has 94 valence electrons. The molecular formula is C13H18O4. The van der Waals surface area contributed by atoms with Crippen LogP contribution < -0.4 is 9.47 Å². The van der Waals surface area contributed by atoms with E-state index in [-0.39, 0.29) is 0 Å². The van der Waals surface area contributed by atoms with E-state index in [1.807, 2.05) is 20.8 Å². The predicted molar refractivity (Wildman–Crippen MR) is 64.5 cm³/mol. The highest BCUT2D eigenvalue weighted by atomic mass is 16.5. The molecule has 0 aliphatic heterocycles. The first kappa shape index (κ1) is 13.4. The Morgan fingerprint density at radius 2 is 1.65 bits per heavy atom. The summed E-state index contributed by atoms with van der Waals surface area (Å²) in [6.07, 6.45) is -0.879. The zero-order chi connectivity index (χ0) is 13.1. The van der Waals surface area contributed by atoms with Crippen molar-refractivity contribution in [3.05, 3.63) is 24.3 Å². The van der Waals surface area contributed by atoms with Gasteiger partial charge >= 0.3 is 5.97 Å². The molecule has 0 spiro atoms. The third-order valence-corrected chi connectivity index (χ3v) is 2.32. The number of benzene rings is 1. The highest BCUT2D eigenvalue weighted by Crippen LogP contribution is 2.26. The molecule has 0 fully saturated rings. The summed E-state index contributed by atoms with van der Waals surface area (Å²) in [5.74, 6) is 0.265. The average Bonchev–Trinajstić information content (AvgIpc) is 2.24. The maximum absolute atomic E-state index is 11.1. The van der Waals surface area contributed by atoms with Gasteiger partial charge in [0.2, 0.25) is 0 Å². The Balaban J connectivity index is 2.83. The zero-order valence-electron chi connectivity index (χ0n) is 10.6. The molecule has 0 aromatic heterocycles. The van der Waals surface area contributed by atoms with Gasteiger partial charge in [0.25, 0.3) is 0 Å². The van der Waals surface area contributed by atoms with Crippen LogP contribution in [0.4, 0.5) is 0 Å². The number of ether oxygens (including phenoxy) is 2. The number of hydrogen-bond donors (Lipinski definition) is 1. The third-order valence-electron chi connectivity index (χ3n) is 2.32. The van der Waals surface area contributed by atoms with Crippen molar-refractivity contribution in [1.82, 2.24) is 0 Å². The Labute approximate surface area is 101 Å². The second-order valence-electron chi connectivity index (χ2n) is 4.88. The van der Waals surface area contributed by atoms with Crippen molar-refractivity contribution in [2.24, 2.45) is 5.41 Å². The fourth-order valence-electron chi connectivity index (χ4n) is 1.39. The average molecular weight is 238 g/mol. The van der Waals surface area contributed by atoms with E-state index in [4.69, 9.17) is 14.6 Å². The summed E-state index contributed by atoms with van der Waals surface area (Å²) in [4.78, 5) is 11.1. The van der Waals surface area contributed by atoms with E-state index in [0.29, 0.717) is 11.5 Å². The number of aliphatic carboxylic acids is 1. The Bertz CT molecular complexity index is 375. The van der Waals surface area contributed by atoms with Crippen molar-refractivity contribution < 1.29 is 19.4 Å². The van der Waals surface area contributed by atoms with Crippen molar-refractivity contribution in [2.45, 2.75) is 26.9 Å². The zero-order valence-corrected chi connectivity index (χ0v) is 10.6. The van der Waals surface area contributed by atoms with E-state index < -0.39 is 17.5 Å². The van der Waals surface area contributed by atoms with Gasteiger partial charge in [-0.25, -0.2) is 4.79 Å². The molecule has 17 heavy (non-hydrogen) atoms. The Morgan fingerprint density at radius 3 is 2.00 bits per heavy atom. The van der Waals surface area contributed by atoms with Crippen LogP contribution in [0, 0.1) is 5.41 Å². The Morgan fingerprint density at radius 1 is 1.18 bits per heavy atom. The monoisotopic (exact) mass is 238 g/mol. The molecule has 1 N–H and O–H groups in total. The van der Waals surface area contributed by atoms with E-state index in [0.717, 1.165) is 0 Å². The van der Waals surface area contributed by atoms with Crippen LogP contribution in [0.1, 0.15) is 20.8 Å². The van der Waals surface area contributed by atoms with E-state index in [1.54, 1.807) is 31.4 Å². The summed E-state index contributed by atoms with van der Waals surface area (Å²) in [5, 5.41) is 9.12. The highest BCUT2D eigenvalue weighted by molar-refractivity contribution is 5.73. The van der Waals surface area contributed by atoms with Gasteiger partial charge in [-0.2, -0.15) is 0 Å². The molecule has 1 aromatic carbocycles. The van der Waals surface area contributed by atoms with Crippen molar-refractivity contribution in [3.63, 3.8) is 0 Å². The van der Waals surface area contributed by atoms with Gasteiger partial charge in [0, 0.05) is 5.41 Å². The molecule has 1 rings (SSSR count). The molecule has 1 unspecified atom stereocenters. The van der Waals surface area contributed by atoms with Gasteiger partial charge in [0.05, 0.1) is 7.11 Å². The van der Waals surface area contributed by atoms with Crippen molar-refractivity contribution in [1.29, 1.82) is 0 Å². The van der Waals surface area contributed by atoms with Crippen molar-refractivity contribution in [2.75, 3.05) is 7.11 Å². The lowest BCUT2D eigenvalue weighted by molar-refractivity contribution is -0.150. The molecule has 4 nitrogen and oxygen atoms in total. The van der Waals surface area contributed by atoms with E-state index in [9.17, 15) is 4.79 Å². The van der Waals surface area contributed by atoms with Crippen LogP contribution in [0.25, 0.3) is 0 Å². The minimum atomic E-state index is -0.965. The number of carbonyl (C=O) groups is 1. The van der Waals surface area contributed by atoms with Crippen molar-refractivity contribution in [3.8, 4) is 11.5 Å². The van der Waals surface area contributed by atoms with Crippen LogP contribution in [0.15, 0.2) is 24.3 Å². The molecule has 1 aromatic rings. The minimum absolute atomic E-state index is 0.467. The molecule has 0 heterocycles. The predicted octanol–water partition coefficient (Wildman–Crippen LogP) is 2.57. The molecule has 1 atom stereocenters. The molecule has 0 aliphatic rings. The summed E-state index contributed by atoms with van der Waals surface area (Å²) in [5.41, 5.74) is -0.467. The molecule has 0 saturated carbocycles. The highest BCUT2D eigenvalue weighted by Gasteiger charge is 2.33. The fourth-order valence-corrected chi connectivity index (χ4v) is 1.39. The quantitative estimate of drug-likeness (QED) is 0.875. The topological polar surface area (TPSA) is 55.8 Å². The number of methoxy groups -OCH3 is 1. The number of carboxylic acids is 1. The van der Waals surface area contributed by atoms with Crippen LogP contribution in [0.5, 0.6) is 11.5 Å². The normalized spacial score (nSPS) is 12.9. The van der Waals surface area contributed by atoms with Gasteiger partial charge in [0.15, 0.2) is 6.10 Å². The summed E-state index contributed by atoms with van der Waals surface area (Å²) >= 11 is 0. The minimum Gasteiger partial charge on any atom is -0.497 e. The first-order valence-corrected chi connectivity index (χ1v) is 5.38. The molecule has 0 saturated heterocycles. The van der Waals surface area contributed by atoms with E-state index in [1.165, 1.54) is 0 Å². The van der Waals surface area contributed by atoms with Gasteiger partial charge in [-0.3, -0.25) is 0 Å². The van der Waals surface area contributed by atoms with Gasteiger partial charge in [-0.05, 0) is 24.3 Å². The molecule has 0 amide bonds.